The number of urea groups is 1. The van der Waals surface area contributed by atoms with Crippen LogP contribution in [-0.4, -0.2) is 68.3 Å². The molecule has 0 aromatic heterocycles. The molecular weight excluding hydrogens is 392 g/mol. The number of benzene rings is 2. The van der Waals surface area contributed by atoms with Gasteiger partial charge in [-0.3, -0.25) is 15.0 Å². The van der Waals surface area contributed by atoms with E-state index in [1.807, 2.05) is 35.2 Å². The second-order valence-electron chi connectivity index (χ2n) is 7.37. The highest BCUT2D eigenvalue weighted by Crippen LogP contribution is 2.22. The summed E-state index contributed by atoms with van der Waals surface area (Å²) in [5, 5.41) is 6.74. The number of carbonyl (C=O) groups is 2. The van der Waals surface area contributed by atoms with Gasteiger partial charge in [0, 0.05) is 32.2 Å². The molecule has 3 amide bonds. The second kappa shape index (κ2) is 8.89. The van der Waals surface area contributed by atoms with Gasteiger partial charge in [0.05, 0.1) is 11.4 Å². The van der Waals surface area contributed by atoms with Gasteiger partial charge in [-0.25, -0.2) is 13.2 Å². The molecule has 0 spiro atoms. The van der Waals surface area contributed by atoms with Crippen LogP contribution < -0.4 is 10.6 Å². The Labute approximate surface area is 170 Å². The molecule has 0 saturated carbocycles. The summed E-state index contributed by atoms with van der Waals surface area (Å²) in [5.74, 6) is -0.408. The smallest absolute Gasteiger partial charge is 0.321 e. The van der Waals surface area contributed by atoms with E-state index in [0.29, 0.717) is 26.2 Å². The summed E-state index contributed by atoms with van der Waals surface area (Å²) in [6, 6.07) is 12.2. The van der Waals surface area contributed by atoms with E-state index in [4.69, 9.17) is 0 Å². The van der Waals surface area contributed by atoms with Crippen LogP contribution in [0.5, 0.6) is 0 Å². The summed E-state index contributed by atoms with van der Waals surface area (Å²) >= 11 is 0. The Morgan fingerprint density at radius 2 is 1.66 bits per heavy atom. The van der Waals surface area contributed by atoms with Crippen molar-refractivity contribution in [2.75, 3.05) is 32.7 Å². The molecule has 1 aliphatic heterocycles. The van der Waals surface area contributed by atoms with Crippen LogP contribution in [0.3, 0.4) is 0 Å². The van der Waals surface area contributed by atoms with E-state index >= 15 is 0 Å². The molecule has 2 N–H and O–H groups in total. The van der Waals surface area contributed by atoms with Gasteiger partial charge in [-0.15, -0.1) is 0 Å². The lowest BCUT2D eigenvalue weighted by atomic mass is 10.1. The van der Waals surface area contributed by atoms with Crippen molar-refractivity contribution in [1.82, 2.24) is 19.8 Å². The third-order valence-electron chi connectivity index (χ3n) is 4.73. The molecule has 0 aliphatic carbocycles. The van der Waals surface area contributed by atoms with Crippen molar-refractivity contribution in [1.29, 1.82) is 0 Å². The molecule has 9 heteroatoms. The summed E-state index contributed by atoms with van der Waals surface area (Å²) in [6.45, 7) is 5.09. The minimum Gasteiger partial charge on any atom is -0.336 e. The van der Waals surface area contributed by atoms with Gasteiger partial charge in [-0.1, -0.05) is 30.3 Å². The predicted molar refractivity (Wildman–Crippen MR) is 111 cm³/mol. The van der Waals surface area contributed by atoms with E-state index in [1.54, 1.807) is 26.0 Å². The monoisotopic (exact) mass is 418 g/mol. The molecule has 1 heterocycles. The van der Waals surface area contributed by atoms with Crippen molar-refractivity contribution in [3.05, 3.63) is 42.5 Å². The van der Waals surface area contributed by atoms with Crippen molar-refractivity contribution in [2.24, 2.45) is 0 Å². The minimum absolute atomic E-state index is 0.0510. The van der Waals surface area contributed by atoms with E-state index in [9.17, 15) is 18.0 Å². The average molecular weight is 419 g/mol. The van der Waals surface area contributed by atoms with Crippen LogP contribution >= 0.6 is 0 Å². The van der Waals surface area contributed by atoms with Crippen molar-refractivity contribution in [3.8, 4) is 0 Å². The van der Waals surface area contributed by atoms with Gasteiger partial charge in [0.25, 0.3) is 0 Å². The maximum atomic E-state index is 13.0. The van der Waals surface area contributed by atoms with E-state index in [0.717, 1.165) is 10.8 Å². The Bertz CT molecular complexity index is 998. The van der Waals surface area contributed by atoms with Gasteiger partial charge in [-0.05, 0) is 36.8 Å². The third-order valence-corrected chi connectivity index (χ3v) is 6.62. The van der Waals surface area contributed by atoms with Gasteiger partial charge < -0.3 is 5.32 Å². The number of fused-ring (bicyclic) bond motifs is 1. The highest BCUT2D eigenvalue weighted by Gasteiger charge is 2.29. The second-order valence-corrected chi connectivity index (χ2v) is 9.30. The fourth-order valence-corrected chi connectivity index (χ4v) is 4.73. The highest BCUT2D eigenvalue weighted by atomic mass is 32.2. The van der Waals surface area contributed by atoms with Crippen molar-refractivity contribution < 1.29 is 18.0 Å². The molecule has 3 rings (SSSR count). The number of nitrogens with zero attached hydrogens (tertiary/aromatic N) is 2. The molecule has 1 aliphatic rings. The topological polar surface area (TPSA) is 98.8 Å². The van der Waals surface area contributed by atoms with Gasteiger partial charge in [0.15, 0.2) is 0 Å². The van der Waals surface area contributed by atoms with Crippen molar-refractivity contribution in [2.45, 2.75) is 24.8 Å². The van der Waals surface area contributed by atoms with Gasteiger partial charge in [0.1, 0.15) is 0 Å². The van der Waals surface area contributed by atoms with E-state index in [-0.39, 0.29) is 17.5 Å². The van der Waals surface area contributed by atoms with Crippen LogP contribution in [0.25, 0.3) is 10.8 Å². The first-order chi connectivity index (χ1) is 13.8. The molecule has 0 radical (unpaired) electrons. The first-order valence-corrected chi connectivity index (χ1v) is 11.0. The zero-order valence-corrected chi connectivity index (χ0v) is 17.4. The summed E-state index contributed by atoms with van der Waals surface area (Å²) in [5.41, 5.74) is 0. The number of piperazine rings is 1. The van der Waals surface area contributed by atoms with Crippen LogP contribution in [0.2, 0.25) is 0 Å². The summed E-state index contributed by atoms with van der Waals surface area (Å²) in [7, 11) is -3.60. The number of hydrogen-bond acceptors (Lipinski definition) is 5. The molecule has 8 nitrogen and oxygen atoms in total. The fourth-order valence-electron chi connectivity index (χ4n) is 3.27. The third kappa shape index (κ3) is 5.31. The standard InChI is InChI=1S/C20H26N4O4S/c1-15(2)21-20(26)22-19(25)14-23-9-11-24(12-10-23)29(27,28)18-8-7-16-5-3-4-6-17(16)13-18/h3-8,13,15H,9-12,14H2,1-2H3,(H2,21,22,25,26). The molecule has 29 heavy (non-hydrogen) atoms. The molecule has 0 atom stereocenters. The summed E-state index contributed by atoms with van der Waals surface area (Å²) in [4.78, 5) is 25.7. The quantitative estimate of drug-likeness (QED) is 0.764. The molecule has 1 saturated heterocycles. The SMILES string of the molecule is CC(C)NC(=O)NC(=O)CN1CCN(S(=O)(=O)c2ccc3ccccc3c2)CC1. The molecule has 1 fully saturated rings. The number of hydrogen-bond donors (Lipinski definition) is 2. The average Bonchev–Trinajstić information content (AvgIpc) is 2.67. The Hall–Kier alpha value is -2.49. The van der Waals surface area contributed by atoms with E-state index in [2.05, 4.69) is 10.6 Å². The normalized spacial score (nSPS) is 16.1. The zero-order chi connectivity index (χ0) is 21.0. The Morgan fingerprint density at radius 3 is 2.31 bits per heavy atom. The lowest BCUT2D eigenvalue weighted by molar-refractivity contribution is -0.121. The van der Waals surface area contributed by atoms with Crippen LogP contribution in [0, 0.1) is 0 Å². The number of imide groups is 1. The van der Waals surface area contributed by atoms with E-state index in [1.165, 1.54) is 4.31 Å². The fraction of sp³-hybridized carbons (Fsp3) is 0.400. The van der Waals surface area contributed by atoms with Crippen LogP contribution in [-0.2, 0) is 14.8 Å². The summed E-state index contributed by atoms with van der Waals surface area (Å²) < 4.78 is 27.4. The van der Waals surface area contributed by atoms with Gasteiger partial charge in [-0.2, -0.15) is 4.31 Å². The lowest BCUT2D eigenvalue weighted by Crippen LogP contribution is -2.52. The van der Waals surface area contributed by atoms with Crippen LogP contribution in [0.4, 0.5) is 4.79 Å². The number of carbonyl (C=O) groups excluding carboxylic acids is 2. The van der Waals surface area contributed by atoms with Crippen LogP contribution in [0.15, 0.2) is 47.4 Å². The highest BCUT2D eigenvalue weighted by molar-refractivity contribution is 7.89. The maximum Gasteiger partial charge on any atom is 0.321 e. The van der Waals surface area contributed by atoms with E-state index < -0.39 is 22.0 Å². The maximum absolute atomic E-state index is 13.0. The molecule has 0 bridgehead atoms. The van der Waals surface area contributed by atoms with Crippen LogP contribution in [0.1, 0.15) is 13.8 Å². The molecule has 0 unspecified atom stereocenters. The summed E-state index contributed by atoms with van der Waals surface area (Å²) in [6.07, 6.45) is 0. The Kier molecular flexibility index (Phi) is 6.51. The first-order valence-electron chi connectivity index (χ1n) is 9.57. The molecule has 2 aromatic rings. The Balaban J connectivity index is 1.57. The number of amides is 3. The number of sulfonamides is 1. The zero-order valence-electron chi connectivity index (χ0n) is 16.6. The lowest BCUT2D eigenvalue weighted by Gasteiger charge is -2.33. The number of nitrogens with one attached hydrogen (secondary N) is 2. The van der Waals surface area contributed by atoms with Crippen molar-refractivity contribution >= 4 is 32.7 Å². The first kappa shape index (κ1) is 21.2. The molecule has 2 aromatic carbocycles. The predicted octanol–water partition coefficient (Wildman–Crippen LogP) is 1.38. The molecule has 156 valence electrons. The van der Waals surface area contributed by atoms with Gasteiger partial charge >= 0.3 is 6.03 Å². The number of rotatable bonds is 5. The van der Waals surface area contributed by atoms with Gasteiger partial charge in [0.2, 0.25) is 15.9 Å². The Morgan fingerprint density at radius 1 is 1.00 bits per heavy atom. The minimum atomic E-state index is -3.60. The molecular formula is C20H26N4O4S. The van der Waals surface area contributed by atoms with Crippen molar-refractivity contribution in [3.63, 3.8) is 0 Å². The largest absolute Gasteiger partial charge is 0.336 e.